The quantitative estimate of drug-likeness (QED) is 0.786. The third-order valence-corrected chi connectivity index (χ3v) is 4.16. The summed E-state index contributed by atoms with van der Waals surface area (Å²) >= 11 is 3.31. The van der Waals surface area contributed by atoms with E-state index in [4.69, 9.17) is 9.15 Å². The van der Waals surface area contributed by atoms with Gasteiger partial charge in [0, 0.05) is 18.8 Å². The molecule has 0 amide bonds. The number of esters is 1. The minimum absolute atomic E-state index is 0.0759. The van der Waals surface area contributed by atoms with Gasteiger partial charge in [-0.05, 0) is 29.5 Å². The molecule has 2 atom stereocenters. The predicted molar refractivity (Wildman–Crippen MR) is 77.4 cm³/mol. The van der Waals surface area contributed by atoms with Crippen molar-refractivity contribution < 1.29 is 18.7 Å². The molecule has 0 saturated heterocycles. The molecule has 0 spiro atoms. The first-order valence-corrected chi connectivity index (χ1v) is 7.25. The maximum absolute atomic E-state index is 12.4. The summed E-state index contributed by atoms with van der Waals surface area (Å²) in [5.41, 5.74) is -0.928. The highest BCUT2D eigenvalue weighted by atomic mass is 79.9. The molecule has 4 nitrogen and oxygen atoms in total. The van der Waals surface area contributed by atoms with Crippen LogP contribution in [0.2, 0.25) is 0 Å². The van der Waals surface area contributed by atoms with Crippen LogP contribution >= 0.6 is 15.9 Å². The Balaban J connectivity index is 2.47. The number of allylic oxidation sites excluding steroid dienone is 1. The zero-order valence-corrected chi connectivity index (χ0v) is 12.9. The summed E-state index contributed by atoms with van der Waals surface area (Å²) in [5.74, 6) is 0.244. The Kier molecular flexibility index (Phi) is 4.48. The third-order valence-electron chi connectivity index (χ3n) is 3.88. The van der Waals surface area contributed by atoms with Crippen LogP contribution < -0.4 is 0 Å². The van der Waals surface area contributed by atoms with Crippen LogP contribution in [-0.2, 0) is 14.3 Å². The highest BCUT2D eigenvalue weighted by Crippen LogP contribution is 2.51. The van der Waals surface area contributed by atoms with Crippen molar-refractivity contribution in [2.75, 3.05) is 7.11 Å². The van der Waals surface area contributed by atoms with Crippen molar-refractivity contribution in [2.45, 2.75) is 31.6 Å². The first kappa shape index (κ1) is 15.0. The average Bonchev–Trinajstić information content (AvgIpc) is 2.90. The zero-order valence-electron chi connectivity index (χ0n) is 11.4. The number of methoxy groups -OCH3 is 1. The van der Waals surface area contributed by atoms with Gasteiger partial charge < -0.3 is 9.15 Å². The number of rotatable bonds is 4. The SMILES string of the molecule is C=C(Br)CC1(C(=O)OC)CC(=O)CCC1c1ccco1. The number of ketones is 1. The highest BCUT2D eigenvalue weighted by molar-refractivity contribution is 9.11. The number of halogens is 1. The summed E-state index contributed by atoms with van der Waals surface area (Å²) in [6, 6.07) is 3.63. The minimum Gasteiger partial charge on any atom is -0.469 e. The van der Waals surface area contributed by atoms with E-state index >= 15 is 0 Å². The van der Waals surface area contributed by atoms with E-state index in [1.165, 1.54) is 7.11 Å². The van der Waals surface area contributed by atoms with Crippen molar-refractivity contribution in [1.82, 2.24) is 0 Å². The molecule has 2 unspecified atom stereocenters. The second-order valence-electron chi connectivity index (χ2n) is 5.16. The van der Waals surface area contributed by atoms with Crippen LogP contribution in [-0.4, -0.2) is 18.9 Å². The summed E-state index contributed by atoms with van der Waals surface area (Å²) in [6.45, 7) is 3.82. The minimum atomic E-state index is -0.928. The maximum atomic E-state index is 12.4. The molecule has 0 N–H and O–H groups in total. The van der Waals surface area contributed by atoms with E-state index in [-0.39, 0.29) is 24.1 Å². The molecule has 20 heavy (non-hydrogen) atoms. The van der Waals surface area contributed by atoms with Gasteiger partial charge in [0.25, 0.3) is 0 Å². The molecule has 0 radical (unpaired) electrons. The Labute approximate surface area is 126 Å². The van der Waals surface area contributed by atoms with Gasteiger partial charge in [-0.25, -0.2) is 0 Å². The lowest BCUT2D eigenvalue weighted by Crippen LogP contribution is -2.43. The number of Topliss-reactive ketones (excluding diaryl/α,β-unsaturated/α-hetero) is 1. The molecule has 0 aromatic carbocycles. The lowest BCUT2D eigenvalue weighted by atomic mass is 9.63. The van der Waals surface area contributed by atoms with E-state index < -0.39 is 5.41 Å². The number of hydrogen-bond acceptors (Lipinski definition) is 4. The lowest BCUT2D eigenvalue weighted by molar-refractivity contribution is -0.159. The van der Waals surface area contributed by atoms with Crippen LogP contribution in [0.4, 0.5) is 0 Å². The van der Waals surface area contributed by atoms with Gasteiger partial charge in [-0.1, -0.05) is 22.5 Å². The van der Waals surface area contributed by atoms with E-state index in [0.29, 0.717) is 23.7 Å². The van der Waals surface area contributed by atoms with E-state index in [1.807, 2.05) is 6.07 Å². The summed E-state index contributed by atoms with van der Waals surface area (Å²) in [7, 11) is 1.35. The van der Waals surface area contributed by atoms with Gasteiger partial charge in [0.2, 0.25) is 0 Å². The van der Waals surface area contributed by atoms with Gasteiger partial charge >= 0.3 is 5.97 Å². The van der Waals surface area contributed by atoms with Crippen LogP contribution in [0.1, 0.15) is 37.4 Å². The molecule has 0 aliphatic heterocycles. The van der Waals surface area contributed by atoms with Crippen LogP contribution in [0.3, 0.4) is 0 Å². The van der Waals surface area contributed by atoms with Crippen molar-refractivity contribution in [1.29, 1.82) is 0 Å². The number of carbonyl (C=O) groups excluding carboxylic acids is 2. The fourth-order valence-corrected chi connectivity index (χ4v) is 3.57. The van der Waals surface area contributed by atoms with Crippen molar-refractivity contribution in [3.63, 3.8) is 0 Å². The van der Waals surface area contributed by atoms with Crippen LogP contribution in [0, 0.1) is 5.41 Å². The van der Waals surface area contributed by atoms with Crippen molar-refractivity contribution in [2.24, 2.45) is 5.41 Å². The topological polar surface area (TPSA) is 56.5 Å². The Morgan fingerprint density at radius 2 is 2.40 bits per heavy atom. The summed E-state index contributed by atoms with van der Waals surface area (Å²) in [4.78, 5) is 24.3. The molecule has 5 heteroatoms. The van der Waals surface area contributed by atoms with E-state index in [9.17, 15) is 9.59 Å². The number of ether oxygens (including phenoxy) is 1. The molecule has 1 aliphatic rings. The smallest absolute Gasteiger partial charge is 0.313 e. The third kappa shape index (κ3) is 2.73. The highest BCUT2D eigenvalue weighted by Gasteiger charge is 2.52. The van der Waals surface area contributed by atoms with Gasteiger partial charge in [0.15, 0.2) is 0 Å². The van der Waals surface area contributed by atoms with E-state index in [0.717, 1.165) is 5.76 Å². The molecule has 1 aliphatic carbocycles. The van der Waals surface area contributed by atoms with Crippen LogP contribution in [0.25, 0.3) is 0 Å². The molecule has 108 valence electrons. The predicted octanol–water partition coefficient (Wildman–Crippen LogP) is 3.57. The maximum Gasteiger partial charge on any atom is 0.313 e. The second-order valence-corrected chi connectivity index (χ2v) is 6.29. The Bertz CT molecular complexity index is 516. The summed E-state index contributed by atoms with van der Waals surface area (Å²) < 4.78 is 11.1. The van der Waals surface area contributed by atoms with Gasteiger partial charge in [-0.3, -0.25) is 9.59 Å². The number of furan rings is 1. The van der Waals surface area contributed by atoms with Crippen molar-refractivity contribution in [3.05, 3.63) is 35.2 Å². The first-order chi connectivity index (χ1) is 9.49. The Morgan fingerprint density at radius 1 is 1.65 bits per heavy atom. The molecule has 1 fully saturated rings. The standard InChI is InChI=1S/C15H17BrO4/c1-10(16)8-15(14(18)19-2)9-11(17)5-6-12(15)13-4-3-7-20-13/h3-4,7,12H,1,5-6,8-9H2,2H3. The van der Waals surface area contributed by atoms with Gasteiger partial charge in [0.1, 0.15) is 11.5 Å². The molecule has 1 heterocycles. The Hall–Kier alpha value is -1.36. The summed E-state index contributed by atoms with van der Waals surface area (Å²) in [6.07, 6.45) is 3.14. The van der Waals surface area contributed by atoms with E-state index in [1.54, 1.807) is 12.3 Å². The lowest BCUT2D eigenvalue weighted by Gasteiger charge is -2.40. The fourth-order valence-electron chi connectivity index (χ4n) is 3.07. The normalized spacial score (nSPS) is 26.3. The molecule has 0 bridgehead atoms. The van der Waals surface area contributed by atoms with Crippen LogP contribution in [0.15, 0.2) is 33.9 Å². The van der Waals surface area contributed by atoms with Crippen LogP contribution in [0.5, 0.6) is 0 Å². The summed E-state index contributed by atoms with van der Waals surface area (Å²) in [5, 5.41) is 0. The molecule has 2 rings (SSSR count). The molecule has 1 aromatic rings. The monoisotopic (exact) mass is 340 g/mol. The fraction of sp³-hybridized carbons (Fsp3) is 0.467. The molecule has 1 saturated carbocycles. The zero-order chi connectivity index (χ0) is 14.8. The molecular weight excluding hydrogens is 324 g/mol. The van der Waals surface area contributed by atoms with Gasteiger partial charge in [0.05, 0.1) is 18.8 Å². The van der Waals surface area contributed by atoms with E-state index in [2.05, 4.69) is 22.5 Å². The Morgan fingerprint density at radius 3 is 2.95 bits per heavy atom. The van der Waals surface area contributed by atoms with Gasteiger partial charge in [-0.15, -0.1) is 0 Å². The van der Waals surface area contributed by atoms with Gasteiger partial charge in [-0.2, -0.15) is 0 Å². The molecular formula is C15H17BrO4. The average molecular weight is 341 g/mol. The number of carbonyl (C=O) groups is 2. The first-order valence-electron chi connectivity index (χ1n) is 6.46. The largest absolute Gasteiger partial charge is 0.469 e. The van der Waals surface area contributed by atoms with Crippen molar-refractivity contribution >= 4 is 27.7 Å². The molecule has 1 aromatic heterocycles. The number of hydrogen-bond donors (Lipinski definition) is 0. The van der Waals surface area contributed by atoms with Crippen molar-refractivity contribution in [3.8, 4) is 0 Å². The second kappa shape index (κ2) is 5.95.